The van der Waals surface area contributed by atoms with Crippen molar-refractivity contribution in [3.63, 3.8) is 0 Å². The predicted molar refractivity (Wildman–Crippen MR) is 45.2 cm³/mol. The fourth-order valence-electron chi connectivity index (χ4n) is 0.924. The van der Waals surface area contributed by atoms with E-state index < -0.39 is 18.3 Å². The summed E-state index contributed by atoms with van der Waals surface area (Å²) in [5, 5.41) is 43.7. The van der Waals surface area contributed by atoms with Crippen LogP contribution in [0.5, 0.6) is 0 Å². The van der Waals surface area contributed by atoms with Gasteiger partial charge in [0.05, 0.1) is 18.8 Å². The minimum Gasteiger partial charge on any atom is -0.394 e. The summed E-state index contributed by atoms with van der Waals surface area (Å²) < 4.78 is 0. The van der Waals surface area contributed by atoms with E-state index >= 15 is 0 Å². The van der Waals surface area contributed by atoms with Crippen LogP contribution in [0.25, 0.3) is 0 Å². The number of aliphatic hydroxyl groups excluding tert-OH is 5. The van der Waals surface area contributed by atoms with E-state index in [1.807, 2.05) is 0 Å². The van der Waals surface area contributed by atoms with Crippen LogP contribution in [0.1, 0.15) is 19.3 Å². The van der Waals surface area contributed by atoms with E-state index in [2.05, 4.69) is 0 Å². The second kappa shape index (κ2) is 7.23. The van der Waals surface area contributed by atoms with Crippen LogP contribution in [0.15, 0.2) is 0 Å². The topological polar surface area (TPSA) is 101 Å². The lowest BCUT2D eigenvalue weighted by Gasteiger charge is -2.15. The van der Waals surface area contributed by atoms with Gasteiger partial charge in [0.25, 0.3) is 0 Å². The summed E-state index contributed by atoms with van der Waals surface area (Å²) in [6.07, 6.45) is -1.92. The maximum absolute atomic E-state index is 9.12. The maximum Gasteiger partial charge on any atom is 0.111 e. The largest absolute Gasteiger partial charge is 0.394 e. The summed E-state index contributed by atoms with van der Waals surface area (Å²) in [5.74, 6) is 0. The van der Waals surface area contributed by atoms with Crippen molar-refractivity contribution in [3.05, 3.63) is 6.61 Å². The monoisotopic (exact) mass is 193 g/mol. The van der Waals surface area contributed by atoms with Gasteiger partial charge in [-0.05, 0) is 19.3 Å². The second-order valence-electron chi connectivity index (χ2n) is 2.97. The van der Waals surface area contributed by atoms with E-state index in [1.54, 1.807) is 0 Å². The van der Waals surface area contributed by atoms with E-state index in [0.29, 0.717) is 19.4 Å². The molecule has 5 heteroatoms. The van der Waals surface area contributed by atoms with Gasteiger partial charge >= 0.3 is 0 Å². The molecule has 5 N–H and O–H groups in total. The molecule has 0 aliphatic heterocycles. The zero-order chi connectivity index (χ0) is 10.3. The molecular formula is C8H17O5. The maximum atomic E-state index is 9.12. The van der Waals surface area contributed by atoms with Gasteiger partial charge in [0.15, 0.2) is 0 Å². The van der Waals surface area contributed by atoms with Crippen LogP contribution >= 0.6 is 0 Å². The normalized spacial score (nSPS) is 18.2. The summed E-state index contributed by atoms with van der Waals surface area (Å²) >= 11 is 0. The van der Waals surface area contributed by atoms with Gasteiger partial charge in [0, 0.05) is 0 Å². The smallest absolute Gasteiger partial charge is 0.111 e. The molecule has 5 nitrogen and oxygen atoms in total. The number of hydrogen-bond donors (Lipinski definition) is 5. The molecule has 0 amide bonds. The highest BCUT2D eigenvalue weighted by molar-refractivity contribution is 4.73. The highest BCUT2D eigenvalue weighted by Gasteiger charge is 2.15. The zero-order valence-electron chi connectivity index (χ0n) is 7.37. The second-order valence-corrected chi connectivity index (χ2v) is 2.97. The lowest BCUT2D eigenvalue weighted by Crippen LogP contribution is -2.26. The van der Waals surface area contributed by atoms with Crippen LogP contribution in [0, 0.1) is 6.61 Å². The van der Waals surface area contributed by atoms with Gasteiger partial charge in [-0.25, -0.2) is 0 Å². The summed E-state index contributed by atoms with van der Waals surface area (Å²) in [6.45, 7) is 0.220. The molecule has 0 fully saturated rings. The van der Waals surface area contributed by atoms with Gasteiger partial charge in [0.1, 0.15) is 12.7 Å². The van der Waals surface area contributed by atoms with Crippen molar-refractivity contribution in [3.8, 4) is 0 Å². The predicted octanol–water partition coefficient (Wildman–Crippen LogP) is -1.23. The van der Waals surface area contributed by atoms with Crippen LogP contribution in [0.2, 0.25) is 0 Å². The number of aliphatic hydroxyl groups is 5. The highest BCUT2D eigenvalue weighted by atomic mass is 16.4. The van der Waals surface area contributed by atoms with E-state index in [-0.39, 0.29) is 13.0 Å². The van der Waals surface area contributed by atoms with Gasteiger partial charge < -0.3 is 25.5 Å². The fraction of sp³-hybridized carbons (Fsp3) is 0.875. The van der Waals surface area contributed by atoms with Gasteiger partial charge in [0.2, 0.25) is 0 Å². The lowest BCUT2D eigenvalue weighted by molar-refractivity contribution is 0.00469. The Morgan fingerprint density at radius 1 is 1.08 bits per heavy atom. The molecule has 13 heavy (non-hydrogen) atoms. The summed E-state index contributed by atoms with van der Waals surface area (Å²) in [5.41, 5.74) is 0. The highest BCUT2D eigenvalue weighted by Crippen LogP contribution is 2.07. The molecule has 0 rings (SSSR count). The van der Waals surface area contributed by atoms with Crippen LogP contribution in [0.4, 0.5) is 0 Å². The Hall–Kier alpha value is -0.200. The third-order valence-electron chi connectivity index (χ3n) is 1.79. The number of rotatable bonds is 7. The van der Waals surface area contributed by atoms with Crippen LogP contribution < -0.4 is 0 Å². The molecule has 0 saturated carbocycles. The summed E-state index contributed by atoms with van der Waals surface area (Å²) in [6, 6.07) is 0. The summed E-state index contributed by atoms with van der Waals surface area (Å²) in [4.78, 5) is 0. The Morgan fingerprint density at radius 2 is 1.69 bits per heavy atom. The van der Waals surface area contributed by atoms with E-state index in [0.717, 1.165) is 0 Å². The van der Waals surface area contributed by atoms with Crippen molar-refractivity contribution < 1.29 is 25.5 Å². The molecule has 3 atom stereocenters. The van der Waals surface area contributed by atoms with Crippen molar-refractivity contribution in [1.29, 1.82) is 0 Å². The Kier molecular flexibility index (Phi) is 7.12. The standard InChI is InChI=1S/C8H17O5/c9-4-6(11)2-1-3-7(12)8(13)5-10/h5-13H,1-4H2. The zero-order valence-corrected chi connectivity index (χ0v) is 7.37. The molecule has 0 aromatic carbocycles. The van der Waals surface area contributed by atoms with Gasteiger partial charge in [-0.15, -0.1) is 0 Å². The Morgan fingerprint density at radius 3 is 2.15 bits per heavy atom. The molecule has 0 saturated heterocycles. The van der Waals surface area contributed by atoms with Gasteiger partial charge in [-0.3, -0.25) is 0 Å². The molecule has 0 bridgehead atoms. The SMILES string of the molecule is O[CH]C(O)C(O)CCCC(O)CO. The average Bonchev–Trinajstić information content (AvgIpc) is 2.15. The first kappa shape index (κ1) is 12.8. The minimum atomic E-state index is -1.24. The summed E-state index contributed by atoms with van der Waals surface area (Å²) in [7, 11) is 0. The van der Waals surface area contributed by atoms with E-state index in [1.165, 1.54) is 0 Å². The molecule has 0 aromatic heterocycles. The fourth-order valence-corrected chi connectivity index (χ4v) is 0.924. The van der Waals surface area contributed by atoms with Crippen molar-refractivity contribution in [1.82, 2.24) is 0 Å². The third-order valence-corrected chi connectivity index (χ3v) is 1.79. The van der Waals surface area contributed by atoms with Crippen molar-refractivity contribution in [2.75, 3.05) is 6.61 Å². The van der Waals surface area contributed by atoms with Crippen LogP contribution in [-0.2, 0) is 0 Å². The first-order valence-corrected chi connectivity index (χ1v) is 4.24. The molecule has 3 unspecified atom stereocenters. The van der Waals surface area contributed by atoms with Gasteiger partial charge in [-0.2, -0.15) is 0 Å². The molecule has 1 radical (unpaired) electrons. The Labute approximate surface area is 77.3 Å². The molecule has 79 valence electrons. The Balaban J connectivity index is 3.41. The third kappa shape index (κ3) is 5.95. The average molecular weight is 193 g/mol. The molecular weight excluding hydrogens is 176 g/mol. The van der Waals surface area contributed by atoms with Crippen molar-refractivity contribution in [2.24, 2.45) is 0 Å². The van der Waals surface area contributed by atoms with E-state index in [9.17, 15) is 0 Å². The molecule has 0 heterocycles. The molecule has 0 aliphatic rings. The first-order valence-electron chi connectivity index (χ1n) is 4.24. The van der Waals surface area contributed by atoms with Crippen molar-refractivity contribution >= 4 is 0 Å². The minimum absolute atomic E-state index is 0.273. The van der Waals surface area contributed by atoms with E-state index in [4.69, 9.17) is 25.5 Å². The first-order chi connectivity index (χ1) is 6.11. The quantitative estimate of drug-likeness (QED) is 0.348. The van der Waals surface area contributed by atoms with Crippen molar-refractivity contribution in [2.45, 2.75) is 37.6 Å². The molecule has 0 spiro atoms. The number of hydrogen-bond acceptors (Lipinski definition) is 5. The van der Waals surface area contributed by atoms with Gasteiger partial charge in [-0.1, -0.05) is 0 Å². The molecule has 0 aliphatic carbocycles. The van der Waals surface area contributed by atoms with Crippen LogP contribution in [0.3, 0.4) is 0 Å². The van der Waals surface area contributed by atoms with Crippen LogP contribution in [-0.4, -0.2) is 50.5 Å². The lowest BCUT2D eigenvalue weighted by atomic mass is 10.1. The molecule has 0 aromatic rings. The Bertz CT molecular complexity index is 119.